The molecule has 7 heteroatoms. The number of amides is 2. The van der Waals surface area contributed by atoms with E-state index in [1.807, 2.05) is 0 Å². The number of halogens is 3. The van der Waals surface area contributed by atoms with Gasteiger partial charge in [0.15, 0.2) is 0 Å². The topological polar surface area (TPSA) is 45.5 Å². The molecule has 0 aliphatic heterocycles. The number of benzene rings is 1. The number of hydrogen-bond donors (Lipinski definition) is 1. The van der Waals surface area contributed by atoms with Crippen LogP contribution in [0.1, 0.15) is 30.8 Å². The second kappa shape index (κ2) is 7.04. The molecular formula is C18H19ClF2N2O2. The fourth-order valence-electron chi connectivity index (χ4n) is 3.03. The molecule has 134 valence electrons. The van der Waals surface area contributed by atoms with Gasteiger partial charge in [0.25, 0.3) is 0 Å². The number of hydrogen-bond acceptors (Lipinski definition) is 2. The highest BCUT2D eigenvalue weighted by Crippen LogP contribution is 2.38. The number of aryl methyl sites for hydroxylation is 1. The number of furan rings is 1. The molecule has 2 amide bonds. The highest BCUT2D eigenvalue weighted by molar-refractivity contribution is 6.30. The molecule has 0 radical (unpaired) electrons. The van der Waals surface area contributed by atoms with Crippen LogP contribution < -0.4 is 5.32 Å². The van der Waals surface area contributed by atoms with E-state index >= 15 is 0 Å². The third-order valence-corrected chi connectivity index (χ3v) is 4.55. The zero-order valence-corrected chi connectivity index (χ0v) is 14.5. The average Bonchev–Trinajstić information content (AvgIpc) is 3.12. The van der Waals surface area contributed by atoms with Gasteiger partial charge in [-0.05, 0) is 49.7 Å². The minimum atomic E-state index is -2.73. The quantitative estimate of drug-likeness (QED) is 0.778. The van der Waals surface area contributed by atoms with Gasteiger partial charge in [-0.15, -0.1) is 0 Å². The van der Waals surface area contributed by atoms with E-state index in [1.165, 1.54) is 4.90 Å². The Bertz CT molecular complexity index is 746. The Morgan fingerprint density at radius 1 is 1.32 bits per heavy atom. The molecule has 0 bridgehead atoms. The van der Waals surface area contributed by atoms with Crippen LogP contribution >= 0.6 is 11.6 Å². The van der Waals surface area contributed by atoms with E-state index in [9.17, 15) is 13.6 Å². The Morgan fingerprint density at radius 2 is 2.04 bits per heavy atom. The van der Waals surface area contributed by atoms with Crippen LogP contribution in [0.15, 0.2) is 40.8 Å². The van der Waals surface area contributed by atoms with E-state index < -0.39 is 18.0 Å². The summed E-state index contributed by atoms with van der Waals surface area (Å²) in [7, 11) is 0. The molecule has 1 aliphatic rings. The van der Waals surface area contributed by atoms with Crippen molar-refractivity contribution in [2.45, 2.75) is 44.7 Å². The summed E-state index contributed by atoms with van der Waals surface area (Å²) in [5.41, 5.74) is 0.555. The normalized spacial score (nSPS) is 19.0. The molecule has 1 atom stereocenters. The van der Waals surface area contributed by atoms with Crippen molar-refractivity contribution in [1.82, 2.24) is 4.90 Å². The van der Waals surface area contributed by atoms with Crippen LogP contribution in [-0.4, -0.2) is 22.9 Å². The third-order valence-electron chi connectivity index (χ3n) is 4.30. The summed E-state index contributed by atoms with van der Waals surface area (Å²) in [5, 5.41) is 3.29. The second-order valence-corrected chi connectivity index (χ2v) is 6.77. The summed E-state index contributed by atoms with van der Waals surface area (Å²) in [6.07, 6.45) is -0.277. The molecule has 3 rings (SSSR count). The van der Waals surface area contributed by atoms with Gasteiger partial charge in [0, 0.05) is 29.6 Å². The average molecular weight is 369 g/mol. The van der Waals surface area contributed by atoms with Gasteiger partial charge >= 0.3 is 6.03 Å². The van der Waals surface area contributed by atoms with Crippen molar-refractivity contribution in [3.8, 4) is 0 Å². The standard InChI is InChI=1S/C18H19ClF2N2O2/c1-12-2-7-16(25-12)11-23(15-8-9-18(20,21)10-15)17(24)22-14-5-3-13(19)4-6-14/h2-7,15H,8-11H2,1H3,(H,22,24). The van der Waals surface area contributed by atoms with E-state index in [0.717, 1.165) is 0 Å². The van der Waals surface area contributed by atoms with Crippen molar-refractivity contribution in [3.05, 3.63) is 52.9 Å². The minimum absolute atomic E-state index is 0.147. The van der Waals surface area contributed by atoms with E-state index in [4.69, 9.17) is 16.0 Å². The van der Waals surface area contributed by atoms with Gasteiger partial charge in [0.05, 0.1) is 6.54 Å². The smallest absolute Gasteiger partial charge is 0.322 e. The lowest BCUT2D eigenvalue weighted by molar-refractivity contribution is 0.00260. The van der Waals surface area contributed by atoms with Gasteiger partial charge in [-0.3, -0.25) is 0 Å². The Labute approximate surface area is 149 Å². The zero-order valence-electron chi connectivity index (χ0n) is 13.8. The lowest BCUT2D eigenvalue weighted by Crippen LogP contribution is -2.41. The Balaban J connectivity index is 1.77. The minimum Gasteiger partial charge on any atom is -0.464 e. The fourth-order valence-corrected chi connectivity index (χ4v) is 3.15. The molecule has 1 aromatic heterocycles. The van der Waals surface area contributed by atoms with Gasteiger partial charge in [0.2, 0.25) is 5.92 Å². The molecule has 1 fully saturated rings. The molecule has 1 aliphatic carbocycles. The second-order valence-electron chi connectivity index (χ2n) is 6.33. The predicted octanol–water partition coefficient (Wildman–Crippen LogP) is 5.46. The first-order chi connectivity index (χ1) is 11.8. The maximum absolute atomic E-state index is 13.6. The van der Waals surface area contributed by atoms with E-state index in [1.54, 1.807) is 43.3 Å². The Kier molecular flexibility index (Phi) is 4.99. The summed E-state index contributed by atoms with van der Waals surface area (Å²) in [6.45, 7) is 1.94. The van der Waals surface area contributed by atoms with E-state index in [0.29, 0.717) is 22.2 Å². The van der Waals surface area contributed by atoms with Crippen LogP contribution in [0, 0.1) is 6.92 Å². The molecule has 1 saturated carbocycles. The van der Waals surface area contributed by atoms with Crippen molar-refractivity contribution < 1.29 is 18.0 Å². The van der Waals surface area contributed by atoms with E-state index in [-0.39, 0.29) is 25.8 Å². The molecule has 0 spiro atoms. The first kappa shape index (κ1) is 17.7. The van der Waals surface area contributed by atoms with Crippen LogP contribution in [0.3, 0.4) is 0 Å². The van der Waals surface area contributed by atoms with Crippen molar-refractivity contribution in [3.63, 3.8) is 0 Å². The summed E-state index contributed by atoms with van der Waals surface area (Å²) >= 11 is 5.84. The third kappa shape index (κ3) is 4.51. The van der Waals surface area contributed by atoms with Gasteiger partial charge in [-0.25, -0.2) is 13.6 Å². The van der Waals surface area contributed by atoms with Crippen molar-refractivity contribution in [2.24, 2.45) is 0 Å². The van der Waals surface area contributed by atoms with Crippen LogP contribution in [0.25, 0.3) is 0 Å². The van der Waals surface area contributed by atoms with Gasteiger partial charge < -0.3 is 14.6 Å². The molecule has 4 nitrogen and oxygen atoms in total. The number of rotatable bonds is 4. The van der Waals surface area contributed by atoms with Crippen molar-refractivity contribution in [2.75, 3.05) is 5.32 Å². The fraction of sp³-hybridized carbons (Fsp3) is 0.389. The molecule has 1 heterocycles. The number of carbonyl (C=O) groups excluding carboxylic acids is 1. The number of nitrogens with zero attached hydrogens (tertiary/aromatic N) is 1. The summed E-state index contributed by atoms with van der Waals surface area (Å²) in [5.74, 6) is -1.45. The monoisotopic (exact) mass is 368 g/mol. The maximum atomic E-state index is 13.6. The number of carbonyl (C=O) groups is 1. The lowest BCUT2D eigenvalue weighted by Gasteiger charge is -2.28. The summed E-state index contributed by atoms with van der Waals surface area (Å²) < 4.78 is 32.8. The van der Waals surface area contributed by atoms with Gasteiger partial charge in [-0.1, -0.05) is 11.6 Å². The molecule has 2 aromatic rings. The summed E-state index contributed by atoms with van der Waals surface area (Å²) in [6, 6.07) is 9.21. The number of alkyl halides is 2. The number of urea groups is 1. The largest absolute Gasteiger partial charge is 0.464 e. The first-order valence-electron chi connectivity index (χ1n) is 8.09. The Hall–Kier alpha value is -2.08. The number of nitrogens with one attached hydrogen (secondary N) is 1. The van der Waals surface area contributed by atoms with Crippen LogP contribution in [0.4, 0.5) is 19.3 Å². The van der Waals surface area contributed by atoms with Gasteiger partial charge in [0.1, 0.15) is 11.5 Å². The highest BCUT2D eigenvalue weighted by atomic mass is 35.5. The van der Waals surface area contributed by atoms with E-state index in [2.05, 4.69) is 5.32 Å². The SMILES string of the molecule is Cc1ccc(CN(C(=O)Nc2ccc(Cl)cc2)C2CCC(F)(F)C2)o1. The molecule has 25 heavy (non-hydrogen) atoms. The number of anilines is 1. The molecule has 1 aromatic carbocycles. The van der Waals surface area contributed by atoms with Gasteiger partial charge in [-0.2, -0.15) is 0 Å². The van der Waals surface area contributed by atoms with Crippen molar-refractivity contribution in [1.29, 1.82) is 0 Å². The predicted molar refractivity (Wildman–Crippen MR) is 92.0 cm³/mol. The molecule has 0 saturated heterocycles. The van der Waals surface area contributed by atoms with Crippen LogP contribution in [-0.2, 0) is 6.54 Å². The van der Waals surface area contributed by atoms with Crippen molar-refractivity contribution >= 4 is 23.3 Å². The van der Waals surface area contributed by atoms with Crippen LogP contribution in [0.5, 0.6) is 0 Å². The van der Waals surface area contributed by atoms with Crippen LogP contribution in [0.2, 0.25) is 5.02 Å². The summed E-state index contributed by atoms with van der Waals surface area (Å²) in [4.78, 5) is 14.1. The lowest BCUT2D eigenvalue weighted by atomic mass is 10.2. The molecular weight excluding hydrogens is 350 g/mol. The maximum Gasteiger partial charge on any atom is 0.322 e. The first-order valence-corrected chi connectivity index (χ1v) is 8.46. The highest BCUT2D eigenvalue weighted by Gasteiger charge is 2.43. The molecule has 1 N–H and O–H groups in total. The molecule has 1 unspecified atom stereocenters. The Morgan fingerprint density at radius 3 is 2.60 bits per heavy atom. The zero-order chi connectivity index (χ0) is 18.0.